The monoisotopic (exact) mass is 289 g/mol. The van der Waals surface area contributed by atoms with Crippen LogP contribution in [0, 0.1) is 0 Å². The topological polar surface area (TPSA) is 69.4 Å². The Bertz CT molecular complexity index is 740. The van der Waals surface area contributed by atoms with Gasteiger partial charge in [0.1, 0.15) is 5.75 Å². The van der Waals surface area contributed by atoms with Gasteiger partial charge >= 0.3 is 0 Å². The van der Waals surface area contributed by atoms with E-state index in [-0.39, 0.29) is 10.8 Å². The summed E-state index contributed by atoms with van der Waals surface area (Å²) in [6.07, 6.45) is 0.753. The average Bonchev–Trinajstić information content (AvgIpc) is 2.46. The van der Waals surface area contributed by atoms with Crippen LogP contribution in [0.5, 0.6) is 5.75 Å². The number of hydrogen-bond donors (Lipinski definition) is 1. The first-order valence-corrected chi connectivity index (χ1v) is 7.93. The number of hydrogen-bond acceptors (Lipinski definition) is 3. The molecule has 1 unspecified atom stereocenters. The van der Waals surface area contributed by atoms with Crippen LogP contribution in [0.25, 0.3) is 0 Å². The summed E-state index contributed by atoms with van der Waals surface area (Å²) in [4.78, 5) is 0.188. The van der Waals surface area contributed by atoms with Crippen molar-refractivity contribution in [1.29, 1.82) is 0 Å². The maximum atomic E-state index is 11.7. The largest absolute Gasteiger partial charge is 0.493 e. The number of para-hydroxylation sites is 1. The van der Waals surface area contributed by atoms with Crippen molar-refractivity contribution in [3.05, 3.63) is 59.7 Å². The van der Waals surface area contributed by atoms with Crippen LogP contribution in [0.4, 0.5) is 0 Å². The lowest BCUT2D eigenvalue weighted by Gasteiger charge is -2.26. The standard InChI is InChI=1S/C15H15NO3S/c16-20(17,18)15-8-4-2-6-13(15)12-9-11-5-1-3-7-14(11)19-10-12/h1-8,12H,9-10H2,(H2,16,17,18). The molecule has 0 bridgehead atoms. The molecule has 1 heterocycles. The molecule has 2 aromatic carbocycles. The fourth-order valence-corrected chi connectivity index (χ4v) is 3.44. The molecule has 1 aliphatic rings. The fraction of sp³-hybridized carbons (Fsp3) is 0.200. The normalized spacial score (nSPS) is 18.1. The highest BCUT2D eigenvalue weighted by Crippen LogP contribution is 2.34. The van der Waals surface area contributed by atoms with Crippen molar-refractivity contribution in [2.45, 2.75) is 17.2 Å². The lowest BCUT2D eigenvalue weighted by Crippen LogP contribution is -2.23. The first-order valence-electron chi connectivity index (χ1n) is 6.38. The van der Waals surface area contributed by atoms with Gasteiger partial charge in [-0.05, 0) is 29.7 Å². The van der Waals surface area contributed by atoms with Gasteiger partial charge in [0.05, 0.1) is 11.5 Å². The minimum absolute atomic E-state index is 0.000532. The number of primary sulfonamides is 1. The van der Waals surface area contributed by atoms with E-state index in [9.17, 15) is 8.42 Å². The molecule has 0 radical (unpaired) electrons. The molecule has 0 saturated heterocycles. The summed E-state index contributed by atoms with van der Waals surface area (Å²) in [7, 11) is -3.72. The van der Waals surface area contributed by atoms with Crippen LogP contribution >= 0.6 is 0 Å². The maximum Gasteiger partial charge on any atom is 0.238 e. The minimum atomic E-state index is -3.72. The van der Waals surface area contributed by atoms with Crippen LogP contribution in [0.2, 0.25) is 0 Å². The fourth-order valence-electron chi connectivity index (χ4n) is 2.60. The quantitative estimate of drug-likeness (QED) is 0.920. The molecule has 0 aromatic heterocycles. The van der Waals surface area contributed by atoms with Gasteiger partial charge in [-0.15, -0.1) is 0 Å². The maximum absolute atomic E-state index is 11.7. The van der Waals surface area contributed by atoms with Crippen molar-refractivity contribution < 1.29 is 13.2 Å². The van der Waals surface area contributed by atoms with Gasteiger partial charge in [0.2, 0.25) is 10.0 Å². The highest BCUT2D eigenvalue weighted by Gasteiger charge is 2.25. The van der Waals surface area contributed by atoms with Gasteiger partial charge in [-0.1, -0.05) is 36.4 Å². The SMILES string of the molecule is NS(=O)(=O)c1ccccc1C1COc2ccccc2C1. The lowest BCUT2D eigenvalue weighted by molar-refractivity contribution is 0.261. The molecule has 104 valence electrons. The molecule has 5 heteroatoms. The van der Waals surface area contributed by atoms with E-state index < -0.39 is 10.0 Å². The van der Waals surface area contributed by atoms with Crippen molar-refractivity contribution in [2.75, 3.05) is 6.61 Å². The summed E-state index contributed by atoms with van der Waals surface area (Å²) in [6, 6.07) is 14.7. The molecule has 3 rings (SSSR count). The molecule has 0 amide bonds. The van der Waals surface area contributed by atoms with Gasteiger partial charge in [-0.3, -0.25) is 0 Å². The molecular formula is C15H15NO3S. The lowest BCUT2D eigenvalue weighted by atomic mass is 9.90. The number of nitrogens with two attached hydrogens (primary N) is 1. The van der Waals surface area contributed by atoms with Crippen molar-refractivity contribution in [3.63, 3.8) is 0 Å². The molecule has 20 heavy (non-hydrogen) atoms. The Balaban J connectivity index is 2.01. The Hall–Kier alpha value is -1.85. The second-order valence-electron chi connectivity index (χ2n) is 4.90. The molecule has 0 aliphatic carbocycles. The van der Waals surface area contributed by atoms with Gasteiger partial charge in [0, 0.05) is 5.92 Å². The summed E-state index contributed by atoms with van der Waals surface area (Å²) in [5.74, 6) is 0.872. The van der Waals surface area contributed by atoms with Gasteiger partial charge < -0.3 is 4.74 Å². The van der Waals surface area contributed by atoms with Crippen molar-refractivity contribution in [2.24, 2.45) is 5.14 Å². The van der Waals surface area contributed by atoms with Crippen LogP contribution in [0.1, 0.15) is 17.0 Å². The van der Waals surface area contributed by atoms with E-state index in [1.807, 2.05) is 36.4 Å². The van der Waals surface area contributed by atoms with Crippen LogP contribution < -0.4 is 9.88 Å². The third kappa shape index (κ3) is 2.42. The average molecular weight is 289 g/mol. The molecule has 0 fully saturated rings. The summed E-state index contributed by atoms with van der Waals surface area (Å²) in [5.41, 5.74) is 1.82. The van der Waals surface area contributed by atoms with E-state index in [4.69, 9.17) is 9.88 Å². The van der Waals surface area contributed by atoms with E-state index in [2.05, 4.69) is 0 Å². The molecule has 0 spiro atoms. The van der Waals surface area contributed by atoms with Crippen LogP contribution in [0.3, 0.4) is 0 Å². The Morgan fingerprint density at radius 3 is 2.55 bits per heavy atom. The van der Waals surface area contributed by atoms with E-state index in [0.29, 0.717) is 6.61 Å². The zero-order valence-electron chi connectivity index (χ0n) is 10.8. The summed E-state index contributed by atoms with van der Waals surface area (Å²) < 4.78 is 29.1. The Morgan fingerprint density at radius 2 is 1.75 bits per heavy atom. The van der Waals surface area contributed by atoms with Crippen LogP contribution in [-0.4, -0.2) is 15.0 Å². The highest BCUT2D eigenvalue weighted by molar-refractivity contribution is 7.89. The number of ether oxygens (including phenoxy) is 1. The third-order valence-electron chi connectivity index (χ3n) is 3.54. The molecule has 4 nitrogen and oxygen atoms in total. The van der Waals surface area contributed by atoms with E-state index in [1.54, 1.807) is 12.1 Å². The van der Waals surface area contributed by atoms with E-state index in [0.717, 1.165) is 23.3 Å². The second kappa shape index (κ2) is 4.92. The summed E-state index contributed by atoms with van der Waals surface area (Å²) >= 11 is 0. The number of sulfonamides is 1. The predicted octanol–water partition coefficient (Wildman–Crippen LogP) is 2.05. The molecule has 1 aliphatic heterocycles. The first-order chi connectivity index (χ1) is 9.55. The zero-order valence-corrected chi connectivity index (χ0v) is 11.6. The molecule has 1 atom stereocenters. The second-order valence-corrected chi connectivity index (χ2v) is 6.43. The van der Waals surface area contributed by atoms with E-state index >= 15 is 0 Å². The Labute approximate surface area is 118 Å². The number of benzene rings is 2. The smallest absolute Gasteiger partial charge is 0.238 e. The molecule has 2 aromatic rings. The highest BCUT2D eigenvalue weighted by atomic mass is 32.2. The number of rotatable bonds is 2. The van der Waals surface area contributed by atoms with Crippen LogP contribution in [-0.2, 0) is 16.4 Å². The first kappa shape index (κ1) is 13.1. The van der Waals surface area contributed by atoms with Gasteiger partial charge in [-0.25, -0.2) is 13.6 Å². The summed E-state index contributed by atoms with van der Waals surface area (Å²) in [5, 5.41) is 5.29. The van der Waals surface area contributed by atoms with Gasteiger partial charge in [0.25, 0.3) is 0 Å². The Morgan fingerprint density at radius 1 is 1.05 bits per heavy atom. The van der Waals surface area contributed by atoms with Gasteiger partial charge in [0.15, 0.2) is 0 Å². The van der Waals surface area contributed by atoms with Crippen LogP contribution in [0.15, 0.2) is 53.4 Å². The molecule has 0 saturated carbocycles. The van der Waals surface area contributed by atoms with Crippen molar-refractivity contribution in [1.82, 2.24) is 0 Å². The Kier molecular flexibility index (Phi) is 3.23. The summed E-state index contributed by atoms with van der Waals surface area (Å²) in [6.45, 7) is 0.462. The minimum Gasteiger partial charge on any atom is -0.493 e. The van der Waals surface area contributed by atoms with Crippen molar-refractivity contribution in [3.8, 4) is 5.75 Å². The zero-order chi connectivity index (χ0) is 14.2. The van der Waals surface area contributed by atoms with Gasteiger partial charge in [-0.2, -0.15) is 0 Å². The third-order valence-corrected chi connectivity index (χ3v) is 4.53. The number of fused-ring (bicyclic) bond motifs is 1. The van der Waals surface area contributed by atoms with E-state index in [1.165, 1.54) is 0 Å². The predicted molar refractivity (Wildman–Crippen MR) is 76.2 cm³/mol. The molecular weight excluding hydrogens is 274 g/mol. The van der Waals surface area contributed by atoms with Crippen molar-refractivity contribution >= 4 is 10.0 Å². The molecule has 2 N–H and O–H groups in total.